The van der Waals surface area contributed by atoms with E-state index in [1.165, 1.54) is 4.90 Å². The summed E-state index contributed by atoms with van der Waals surface area (Å²) in [7, 11) is 0. The lowest BCUT2D eigenvalue weighted by atomic mass is 10.1. The molecule has 0 radical (unpaired) electrons. The molecule has 0 amide bonds. The second-order valence-electron chi connectivity index (χ2n) is 6.31. The van der Waals surface area contributed by atoms with E-state index in [-0.39, 0.29) is 4.75 Å². The Bertz CT molecular complexity index is 788. The minimum Gasteiger partial charge on any atom is -0.622 e. The molecule has 0 saturated carbocycles. The minimum atomic E-state index is -0.396. The molecular weight excluding hydrogens is 368 g/mol. The Kier molecular flexibility index (Phi) is 5.41. The molecule has 0 aliphatic carbocycles. The van der Waals surface area contributed by atoms with E-state index in [2.05, 4.69) is 13.8 Å². The Balaban J connectivity index is 1.98. The maximum Gasteiger partial charge on any atom is 0.258 e. The van der Waals surface area contributed by atoms with Gasteiger partial charge < -0.3 is 5.21 Å². The molecule has 0 spiro atoms. The maximum atomic E-state index is 13.1. The van der Waals surface area contributed by atoms with E-state index in [9.17, 15) is 5.21 Å². The fourth-order valence-corrected chi connectivity index (χ4v) is 5.23. The predicted molar refractivity (Wildman–Crippen MR) is 114 cm³/mol. The average molecular weight is 389 g/mol. The SMILES string of the molecule is CSc1ccc(/C=[N+](\[O-])[C@@H]2N(c3ccccc3)C(=S)SC2(C)C)cc1. The van der Waals surface area contributed by atoms with E-state index in [1.807, 2.05) is 65.8 Å². The van der Waals surface area contributed by atoms with Crippen molar-refractivity contribution in [1.82, 2.24) is 0 Å². The second kappa shape index (κ2) is 7.40. The molecule has 1 heterocycles. The zero-order valence-corrected chi connectivity index (χ0v) is 16.8. The summed E-state index contributed by atoms with van der Waals surface area (Å²) in [5.74, 6) is 0. The van der Waals surface area contributed by atoms with Gasteiger partial charge in [0.15, 0.2) is 6.21 Å². The first kappa shape index (κ1) is 18.3. The van der Waals surface area contributed by atoms with Crippen LogP contribution in [0.5, 0.6) is 0 Å². The molecule has 2 aromatic rings. The molecule has 130 valence electrons. The van der Waals surface area contributed by atoms with Crippen LogP contribution in [0.1, 0.15) is 19.4 Å². The first-order valence-electron chi connectivity index (χ1n) is 7.94. The Morgan fingerprint density at radius 3 is 2.40 bits per heavy atom. The Hall–Kier alpha value is -1.50. The third kappa shape index (κ3) is 3.86. The van der Waals surface area contributed by atoms with Crippen molar-refractivity contribution in [3.8, 4) is 0 Å². The van der Waals surface area contributed by atoms with Crippen LogP contribution in [-0.2, 0) is 0 Å². The predicted octanol–water partition coefficient (Wildman–Crippen LogP) is 4.98. The van der Waals surface area contributed by atoms with E-state index in [4.69, 9.17) is 12.2 Å². The van der Waals surface area contributed by atoms with Crippen molar-refractivity contribution < 1.29 is 4.74 Å². The number of thioether (sulfide) groups is 2. The van der Waals surface area contributed by atoms with Crippen LogP contribution in [-0.4, -0.2) is 32.4 Å². The Morgan fingerprint density at radius 1 is 1.16 bits per heavy atom. The molecule has 1 saturated heterocycles. The van der Waals surface area contributed by atoms with Crippen LogP contribution < -0.4 is 4.90 Å². The molecule has 1 aliphatic heterocycles. The zero-order valence-electron chi connectivity index (χ0n) is 14.4. The second-order valence-corrected chi connectivity index (χ2v) is 9.48. The van der Waals surface area contributed by atoms with Crippen molar-refractivity contribution in [2.24, 2.45) is 0 Å². The molecule has 3 nitrogen and oxygen atoms in total. The highest BCUT2D eigenvalue weighted by Gasteiger charge is 2.51. The largest absolute Gasteiger partial charge is 0.622 e. The molecule has 0 N–H and O–H groups in total. The van der Waals surface area contributed by atoms with Crippen molar-refractivity contribution >= 4 is 52.0 Å². The summed E-state index contributed by atoms with van der Waals surface area (Å²) in [6.07, 6.45) is 3.30. The first-order chi connectivity index (χ1) is 11.9. The van der Waals surface area contributed by atoms with Gasteiger partial charge in [-0.15, -0.1) is 11.8 Å². The van der Waals surface area contributed by atoms with Gasteiger partial charge in [-0.1, -0.05) is 42.2 Å². The van der Waals surface area contributed by atoms with Gasteiger partial charge in [0.25, 0.3) is 6.17 Å². The highest BCUT2D eigenvalue weighted by Crippen LogP contribution is 2.43. The first-order valence-corrected chi connectivity index (χ1v) is 10.4. The Labute approximate surface area is 162 Å². The van der Waals surface area contributed by atoms with Gasteiger partial charge >= 0.3 is 0 Å². The van der Waals surface area contributed by atoms with E-state index in [1.54, 1.807) is 29.7 Å². The van der Waals surface area contributed by atoms with E-state index in [0.29, 0.717) is 0 Å². The van der Waals surface area contributed by atoms with Crippen molar-refractivity contribution in [1.29, 1.82) is 0 Å². The zero-order chi connectivity index (χ0) is 18.0. The summed E-state index contributed by atoms with van der Waals surface area (Å²) in [5.41, 5.74) is 1.84. The maximum absolute atomic E-state index is 13.1. The lowest BCUT2D eigenvalue weighted by Gasteiger charge is -2.29. The Morgan fingerprint density at radius 2 is 1.80 bits per heavy atom. The summed E-state index contributed by atoms with van der Waals surface area (Å²) in [6, 6.07) is 17.9. The van der Waals surface area contributed by atoms with Crippen molar-refractivity contribution in [3.05, 3.63) is 65.4 Å². The van der Waals surface area contributed by atoms with Crippen molar-refractivity contribution in [3.63, 3.8) is 0 Å². The monoisotopic (exact) mass is 388 g/mol. The van der Waals surface area contributed by atoms with Crippen LogP contribution in [0, 0.1) is 5.21 Å². The summed E-state index contributed by atoms with van der Waals surface area (Å²) >= 11 is 8.83. The molecule has 1 atom stereocenters. The topological polar surface area (TPSA) is 29.3 Å². The van der Waals surface area contributed by atoms with Gasteiger partial charge in [0, 0.05) is 16.1 Å². The molecule has 0 bridgehead atoms. The normalized spacial score (nSPS) is 20.1. The van der Waals surface area contributed by atoms with Gasteiger partial charge in [-0.05, 0) is 56.5 Å². The minimum absolute atomic E-state index is 0.315. The average Bonchev–Trinajstić information content (AvgIpc) is 2.85. The number of thiocarbonyl (C=S) groups is 1. The summed E-state index contributed by atoms with van der Waals surface area (Å²) < 4.78 is 1.45. The molecule has 1 aliphatic rings. The molecule has 0 aromatic heterocycles. The molecule has 25 heavy (non-hydrogen) atoms. The van der Waals surface area contributed by atoms with E-state index in [0.717, 1.165) is 20.3 Å². The number of nitrogens with zero attached hydrogens (tertiary/aromatic N) is 2. The van der Waals surface area contributed by atoms with Gasteiger partial charge in [0.2, 0.25) is 0 Å². The number of benzene rings is 2. The van der Waals surface area contributed by atoms with Gasteiger partial charge in [-0.2, -0.15) is 4.74 Å². The quantitative estimate of drug-likeness (QED) is 0.184. The highest BCUT2D eigenvalue weighted by atomic mass is 32.2. The lowest BCUT2D eigenvalue weighted by molar-refractivity contribution is -0.497. The number of rotatable bonds is 4. The van der Waals surface area contributed by atoms with Crippen LogP contribution in [0.25, 0.3) is 0 Å². The number of anilines is 1. The van der Waals surface area contributed by atoms with Crippen LogP contribution >= 0.6 is 35.7 Å². The number of para-hydroxylation sites is 1. The molecular formula is C19H20N2OS3. The van der Waals surface area contributed by atoms with E-state index >= 15 is 0 Å². The number of hydrogen-bond acceptors (Lipinski definition) is 4. The smallest absolute Gasteiger partial charge is 0.258 e. The van der Waals surface area contributed by atoms with Crippen molar-refractivity contribution in [2.45, 2.75) is 29.7 Å². The van der Waals surface area contributed by atoms with Crippen LogP contribution in [0.2, 0.25) is 0 Å². The molecule has 1 fully saturated rings. The summed E-state index contributed by atoms with van der Waals surface area (Å²) in [5, 5.41) is 13.1. The highest BCUT2D eigenvalue weighted by molar-refractivity contribution is 8.24. The third-order valence-corrected chi connectivity index (χ3v) is 6.38. The van der Waals surface area contributed by atoms with Crippen molar-refractivity contribution in [2.75, 3.05) is 11.2 Å². The van der Waals surface area contributed by atoms with Crippen LogP contribution in [0.15, 0.2) is 59.5 Å². The molecule has 2 aromatic carbocycles. The fourth-order valence-electron chi connectivity index (χ4n) is 2.90. The number of hydrogen-bond donors (Lipinski definition) is 0. The number of hydroxylamine groups is 1. The summed E-state index contributed by atoms with van der Waals surface area (Å²) in [4.78, 5) is 3.14. The molecule has 3 rings (SSSR count). The summed E-state index contributed by atoms with van der Waals surface area (Å²) in [6.45, 7) is 4.13. The van der Waals surface area contributed by atoms with Gasteiger partial charge in [-0.25, -0.2) is 0 Å². The van der Waals surface area contributed by atoms with Crippen LogP contribution in [0.3, 0.4) is 0 Å². The molecule has 0 unspecified atom stereocenters. The lowest BCUT2D eigenvalue weighted by Crippen LogP contribution is -2.48. The third-order valence-electron chi connectivity index (χ3n) is 4.08. The fraction of sp³-hybridized carbons (Fsp3) is 0.263. The van der Waals surface area contributed by atoms with E-state index < -0.39 is 6.17 Å². The van der Waals surface area contributed by atoms with Crippen LogP contribution in [0.4, 0.5) is 5.69 Å². The molecule has 6 heteroatoms. The van der Waals surface area contributed by atoms with Gasteiger partial charge in [0.05, 0.1) is 0 Å². The van der Waals surface area contributed by atoms with Gasteiger partial charge in [0.1, 0.15) is 9.07 Å². The standard InChI is InChI=1S/C19H20N2OS3/c1-19(2)17(20(22)13-14-9-11-16(24-3)12-10-14)21(18(23)25-19)15-7-5-4-6-8-15/h4-13,17H,1-3H3/b20-13-/t17-/m1/s1. The van der Waals surface area contributed by atoms with Gasteiger partial charge in [-0.3, -0.25) is 4.90 Å².